The van der Waals surface area contributed by atoms with Gasteiger partial charge in [0, 0.05) is 6.20 Å². The summed E-state index contributed by atoms with van der Waals surface area (Å²) in [6.45, 7) is 1.24. The topological polar surface area (TPSA) is 130 Å². The maximum atomic E-state index is 13.2. The van der Waals surface area contributed by atoms with Crippen molar-refractivity contribution in [2.24, 2.45) is 5.10 Å². The maximum absolute atomic E-state index is 13.2. The fourth-order valence-corrected chi connectivity index (χ4v) is 5.16. The van der Waals surface area contributed by atoms with Gasteiger partial charge in [-0.3, -0.25) is 9.59 Å². The first-order valence-electron chi connectivity index (χ1n) is 12.7. The maximum Gasteiger partial charge on any atom is 0.265 e. The second kappa shape index (κ2) is 13.9. The van der Waals surface area contributed by atoms with Gasteiger partial charge in [0.15, 0.2) is 6.61 Å². The van der Waals surface area contributed by atoms with Gasteiger partial charge in [-0.2, -0.15) is 5.10 Å². The largest absolute Gasteiger partial charge is 0.484 e. The van der Waals surface area contributed by atoms with Crippen LogP contribution < -0.4 is 19.8 Å². The molecule has 3 aromatic carbocycles. The predicted octanol–water partition coefficient (Wildman–Crippen LogP) is 3.68. The molecule has 0 bridgehead atoms. The number of nitrogens with one attached hydrogen (secondary N) is 2. The second-order valence-corrected chi connectivity index (χ2v) is 10.7. The molecule has 10 nitrogen and oxygen atoms in total. The monoisotopic (exact) mass is 571 g/mol. The van der Waals surface area contributed by atoms with Gasteiger partial charge in [0.25, 0.3) is 21.8 Å². The quantitative estimate of drug-likeness (QED) is 0.197. The van der Waals surface area contributed by atoms with Gasteiger partial charge in [0.2, 0.25) is 0 Å². The van der Waals surface area contributed by atoms with E-state index in [0.29, 0.717) is 11.3 Å². The highest BCUT2D eigenvalue weighted by Crippen LogP contribution is 2.21. The van der Waals surface area contributed by atoms with Crippen molar-refractivity contribution in [2.45, 2.75) is 17.9 Å². The number of benzene rings is 3. The summed E-state index contributed by atoms with van der Waals surface area (Å²) >= 11 is 0. The Morgan fingerprint density at radius 3 is 2.22 bits per heavy atom. The van der Waals surface area contributed by atoms with Crippen LogP contribution in [0.4, 0.5) is 5.82 Å². The number of aromatic nitrogens is 1. The van der Waals surface area contributed by atoms with Crippen molar-refractivity contribution in [1.82, 2.24) is 15.7 Å². The molecule has 210 valence electrons. The molecule has 1 atom stereocenters. The summed E-state index contributed by atoms with van der Waals surface area (Å²) in [7, 11) is -4.05. The van der Waals surface area contributed by atoms with Gasteiger partial charge in [-0.05, 0) is 66.6 Å². The lowest BCUT2D eigenvalue weighted by Gasteiger charge is -2.22. The molecule has 0 aliphatic heterocycles. The number of ether oxygens (including phenoxy) is 1. The molecule has 0 fully saturated rings. The zero-order chi connectivity index (χ0) is 29.1. The average molecular weight is 572 g/mol. The van der Waals surface area contributed by atoms with Gasteiger partial charge in [-0.15, -0.1) is 0 Å². The number of hydrogen-bond donors (Lipinski definition) is 2. The molecule has 2 N–H and O–H groups in total. The lowest BCUT2D eigenvalue weighted by molar-refractivity contribution is -0.123. The summed E-state index contributed by atoms with van der Waals surface area (Å²) in [4.78, 5) is 29.0. The summed E-state index contributed by atoms with van der Waals surface area (Å²) in [5.74, 6) is -0.300. The molecular formula is C30H29N5O5S. The van der Waals surface area contributed by atoms with E-state index in [-0.39, 0.29) is 29.3 Å². The fourth-order valence-electron chi connectivity index (χ4n) is 3.76. The molecule has 0 aliphatic carbocycles. The van der Waals surface area contributed by atoms with Crippen LogP contribution in [0.25, 0.3) is 0 Å². The molecule has 2 amide bonds. The Hall–Kier alpha value is -5.03. The first-order chi connectivity index (χ1) is 19.8. The van der Waals surface area contributed by atoms with Crippen molar-refractivity contribution in [1.29, 1.82) is 0 Å². The number of hydrogen-bond acceptors (Lipinski definition) is 7. The summed E-state index contributed by atoms with van der Waals surface area (Å²) in [5.41, 5.74) is 4.00. The van der Waals surface area contributed by atoms with Crippen molar-refractivity contribution in [3.63, 3.8) is 0 Å². The lowest BCUT2D eigenvalue weighted by Crippen LogP contribution is -2.40. The molecule has 11 heteroatoms. The van der Waals surface area contributed by atoms with E-state index in [2.05, 4.69) is 20.8 Å². The highest BCUT2D eigenvalue weighted by molar-refractivity contribution is 7.92. The van der Waals surface area contributed by atoms with Crippen molar-refractivity contribution < 1.29 is 22.7 Å². The van der Waals surface area contributed by atoms with Crippen molar-refractivity contribution in [2.75, 3.05) is 17.5 Å². The molecule has 4 aromatic rings. The number of carbonyl (C=O) groups is 2. The Bertz CT molecular complexity index is 1570. The predicted molar refractivity (Wildman–Crippen MR) is 156 cm³/mol. The average Bonchev–Trinajstić information content (AvgIpc) is 3.00. The molecule has 0 unspecified atom stereocenters. The molecule has 0 aliphatic rings. The van der Waals surface area contributed by atoms with Gasteiger partial charge >= 0.3 is 0 Å². The summed E-state index contributed by atoms with van der Waals surface area (Å²) < 4.78 is 33.0. The first kappa shape index (κ1) is 29.0. The molecule has 0 saturated carbocycles. The van der Waals surface area contributed by atoms with E-state index in [1.807, 2.05) is 37.3 Å². The van der Waals surface area contributed by atoms with Crippen LogP contribution in [0.5, 0.6) is 5.75 Å². The minimum Gasteiger partial charge on any atom is -0.484 e. The van der Waals surface area contributed by atoms with E-state index < -0.39 is 22.5 Å². The molecule has 0 spiro atoms. The number of amides is 2. The summed E-state index contributed by atoms with van der Waals surface area (Å²) in [6.07, 6.45) is 2.86. The molecule has 0 saturated heterocycles. The lowest BCUT2D eigenvalue weighted by atomic mass is 10.1. The normalized spacial score (nSPS) is 11.9. The van der Waals surface area contributed by atoms with Crippen LogP contribution in [0.1, 0.15) is 24.1 Å². The number of anilines is 1. The zero-order valence-corrected chi connectivity index (χ0v) is 23.1. The highest BCUT2D eigenvalue weighted by Gasteiger charge is 2.27. The number of sulfonamides is 1. The summed E-state index contributed by atoms with van der Waals surface area (Å²) in [5, 5.41) is 6.83. The van der Waals surface area contributed by atoms with E-state index in [1.165, 1.54) is 30.6 Å². The van der Waals surface area contributed by atoms with E-state index in [4.69, 9.17) is 4.74 Å². The van der Waals surface area contributed by atoms with E-state index in [9.17, 15) is 18.0 Å². The molecule has 1 heterocycles. The van der Waals surface area contributed by atoms with Gasteiger partial charge in [0.1, 0.15) is 18.1 Å². The van der Waals surface area contributed by atoms with E-state index >= 15 is 0 Å². The van der Waals surface area contributed by atoms with E-state index in [0.717, 1.165) is 9.87 Å². The minimum atomic E-state index is -4.05. The van der Waals surface area contributed by atoms with Crippen LogP contribution in [-0.4, -0.2) is 44.6 Å². The fraction of sp³-hybridized carbons (Fsp3) is 0.133. The van der Waals surface area contributed by atoms with Gasteiger partial charge in [-0.1, -0.05) is 54.6 Å². The SMILES string of the molecule is C[C@@H](NC(=O)COc1ccc(/C=N\NC(=O)CN(c2ccccn2)S(=O)(=O)c2ccccc2)cc1)c1ccccc1. The Morgan fingerprint density at radius 1 is 0.902 bits per heavy atom. The van der Waals surface area contributed by atoms with Crippen molar-refractivity contribution >= 4 is 33.9 Å². The minimum absolute atomic E-state index is 0.0347. The molecule has 0 radical (unpaired) electrons. The Morgan fingerprint density at radius 2 is 1.56 bits per heavy atom. The first-order valence-corrected chi connectivity index (χ1v) is 14.1. The smallest absolute Gasteiger partial charge is 0.265 e. The molecule has 1 aromatic heterocycles. The number of nitrogens with zero attached hydrogens (tertiary/aromatic N) is 3. The number of carbonyl (C=O) groups excluding carboxylic acids is 2. The third-order valence-electron chi connectivity index (χ3n) is 5.85. The number of rotatable bonds is 12. The van der Waals surface area contributed by atoms with Crippen LogP contribution in [0, 0.1) is 0 Å². The Balaban J connectivity index is 1.30. The van der Waals surface area contributed by atoms with Crippen molar-refractivity contribution in [3.8, 4) is 5.75 Å². The third kappa shape index (κ3) is 8.23. The Labute approximate surface area is 238 Å². The van der Waals surface area contributed by atoms with Crippen LogP contribution in [0.15, 0.2) is 119 Å². The van der Waals surface area contributed by atoms with Crippen LogP contribution in [0.3, 0.4) is 0 Å². The highest BCUT2D eigenvalue weighted by atomic mass is 32.2. The zero-order valence-electron chi connectivity index (χ0n) is 22.3. The van der Waals surface area contributed by atoms with Crippen LogP contribution in [0.2, 0.25) is 0 Å². The standard InChI is InChI=1S/C30H29N5O5S/c1-23(25-10-4-2-5-11-25)33-30(37)22-40-26-17-15-24(16-18-26)20-32-34-29(36)21-35(28-14-8-9-19-31-28)41(38,39)27-12-6-3-7-13-27/h2-20,23H,21-22H2,1H3,(H,33,37)(H,34,36)/b32-20-/t23-/m1/s1. The second-order valence-electron chi connectivity index (χ2n) is 8.86. The Kier molecular flexibility index (Phi) is 9.79. The number of pyridine rings is 1. The molecule has 4 rings (SSSR count). The van der Waals surface area contributed by atoms with Crippen LogP contribution in [-0.2, 0) is 19.6 Å². The number of hydrazone groups is 1. The van der Waals surface area contributed by atoms with Crippen molar-refractivity contribution in [3.05, 3.63) is 120 Å². The summed E-state index contributed by atoms with van der Waals surface area (Å²) in [6, 6.07) is 28.8. The van der Waals surface area contributed by atoms with Gasteiger partial charge in [0.05, 0.1) is 17.2 Å². The van der Waals surface area contributed by atoms with Gasteiger partial charge < -0.3 is 10.1 Å². The van der Waals surface area contributed by atoms with Crippen LogP contribution >= 0.6 is 0 Å². The van der Waals surface area contributed by atoms with Gasteiger partial charge in [-0.25, -0.2) is 23.1 Å². The third-order valence-corrected chi connectivity index (χ3v) is 7.62. The molecule has 41 heavy (non-hydrogen) atoms. The van der Waals surface area contributed by atoms with E-state index in [1.54, 1.807) is 54.6 Å². The molecular weight excluding hydrogens is 542 g/mol.